The van der Waals surface area contributed by atoms with Crippen molar-refractivity contribution in [2.24, 2.45) is 0 Å². The number of halogens is 2. The average molecular weight is 578 g/mol. The summed E-state index contributed by atoms with van der Waals surface area (Å²) in [4.78, 5) is 22.6. The van der Waals surface area contributed by atoms with Crippen LogP contribution in [0.1, 0.15) is 48.1 Å². The molecule has 0 bridgehead atoms. The highest BCUT2D eigenvalue weighted by atomic mass is 19.1. The first-order chi connectivity index (χ1) is 20.2. The van der Waals surface area contributed by atoms with E-state index >= 15 is 4.39 Å². The van der Waals surface area contributed by atoms with Crippen LogP contribution in [0.3, 0.4) is 0 Å². The summed E-state index contributed by atoms with van der Waals surface area (Å²) in [6.07, 6.45) is 5.70. The second-order valence-electron chi connectivity index (χ2n) is 9.89. The molecule has 4 aromatic rings. The highest BCUT2D eigenvalue weighted by Gasteiger charge is 2.21. The third kappa shape index (κ3) is 7.75. The van der Waals surface area contributed by atoms with Crippen LogP contribution < -0.4 is 9.47 Å². The Morgan fingerprint density at radius 2 is 1.55 bits per heavy atom. The average Bonchev–Trinajstić information content (AvgIpc) is 3.23. The molecule has 0 unspecified atom stereocenters. The number of fused-ring (bicyclic) bond motifs is 1. The van der Waals surface area contributed by atoms with Crippen LogP contribution in [-0.2, 0) is 22.6 Å². The maximum Gasteiger partial charge on any atom is 0.323 e. The first-order valence-corrected chi connectivity index (χ1v) is 13.8. The Morgan fingerprint density at radius 3 is 2.24 bits per heavy atom. The summed E-state index contributed by atoms with van der Waals surface area (Å²) in [5, 5.41) is 18.9. The smallest absolute Gasteiger partial charge is 0.323 e. The number of nitrogens with zero attached hydrogens (tertiary/aromatic N) is 1. The van der Waals surface area contributed by atoms with Gasteiger partial charge in [0.25, 0.3) is 0 Å². The molecule has 4 rings (SSSR count). The SMILES string of the molecule is Cc1c(CCCC(=O)O)c2c(F)ccc(/C=C/c3ccc(OCCCCOc4ccccc4F)cc3)c2n1CC(=O)O. The standard InChI is InChI=1S/C33H33F2NO6/c1-22-26(7-6-10-30(37)38)32-28(35)18-15-24(33(32)36(22)21-31(39)40)14-11-23-12-16-25(17-13-23)41-19-4-5-20-42-29-9-3-2-8-27(29)34/h2-3,8-9,11-18H,4-7,10,19-21H2,1H3,(H,37,38)(H,39,40)/b14-11+. The van der Waals surface area contributed by atoms with E-state index in [4.69, 9.17) is 14.6 Å². The van der Waals surface area contributed by atoms with E-state index in [0.29, 0.717) is 65.9 Å². The first-order valence-electron chi connectivity index (χ1n) is 13.8. The number of carboxylic acid groups (broad SMARTS) is 2. The molecule has 0 saturated heterocycles. The predicted octanol–water partition coefficient (Wildman–Crippen LogP) is 7.13. The lowest BCUT2D eigenvalue weighted by atomic mass is 10.0. The number of rotatable bonds is 15. The van der Waals surface area contributed by atoms with Crippen LogP contribution >= 0.6 is 0 Å². The first kappa shape index (κ1) is 30.3. The molecule has 42 heavy (non-hydrogen) atoms. The normalized spacial score (nSPS) is 11.3. The van der Waals surface area contributed by atoms with Crippen molar-refractivity contribution in [3.63, 3.8) is 0 Å². The summed E-state index contributed by atoms with van der Waals surface area (Å²) >= 11 is 0. The Bertz CT molecular complexity index is 1580. The van der Waals surface area contributed by atoms with Gasteiger partial charge in [0.15, 0.2) is 11.6 Å². The zero-order valence-corrected chi connectivity index (χ0v) is 23.3. The van der Waals surface area contributed by atoms with Gasteiger partial charge >= 0.3 is 11.9 Å². The Morgan fingerprint density at radius 1 is 0.833 bits per heavy atom. The summed E-state index contributed by atoms with van der Waals surface area (Å²) in [6.45, 7) is 2.27. The minimum absolute atomic E-state index is 0.0597. The van der Waals surface area contributed by atoms with Gasteiger partial charge in [-0.05, 0) is 85.7 Å². The molecule has 1 heterocycles. The van der Waals surface area contributed by atoms with E-state index in [0.717, 1.165) is 12.0 Å². The topological polar surface area (TPSA) is 98.0 Å². The van der Waals surface area contributed by atoms with Gasteiger partial charge in [-0.3, -0.25) is 9.59 Å². The van der Waals surface area contributed by atoms with E-state index in [9.17, 15) is 19.1 Å². The molecular weight excluding hydrogens is 544 g/mol. The van der Waals surface area contributed by atoms with Crippen molar-refractivity contribution in [1.29, 1.82) is 0 Å². The number of aryl methyl sites for hydroxylation is 1. The van der Waals surface area contributed by atoms with Crippen LogP contribution in [0.25, 0.3) is 23.1 Å². The lowest BCUT2D eigenvalue weighted by molar-refractivity contribution is -0.138. The fourth-order valence-electron chi connectivity index (χ4n) is 4.86. The molecule has 220 valence electrons. The quantitative estimate of drug-likeness (QED) is 0.115. The van der Waals surface area contributed by atoms with Crippen LogP contribution in [0.15, 0.2) is 60.7 Å². The maximum atomic E-state index is 15.1. The summed E-state index contributed by atoms with van der Waals surface area (Å²) in [5.41, 5.74) is 3.22. The minimum Gasteiger partial charge on any atom is -0.494 e. The number of hydrogen-bond acceptors (Lipinski definition) is 4. The molecule has 0 aliphatic carbocycles. The summed E-state index contributed by atoms with van der Waals surface area (Å²) < 4.78 is 41.5. The van der Waals surface area contributed by atoms with Gasteiger partial charge in [0, 0.05) is 17.5 Å². The van der Waals surface area contributed by atoms with Gasteiger partial charge in [0.05, 0.1) is 18.7 Å². The van der Waals surface area contributed by atoms with Crippen molar-refractivity contribution in [1.82, 2.24) is 4.57 Å². The number of para-hydroxylation sites is 1. The van der Waals surface area contributed by atoms with Crippen LogP contribution in [0.5, 0.6) is 11.5 Å². The molecule has 0 saturated carbocycles. The number of carboxylic acids is 2. The number of hydrogen-bond donors (Lipinski definition) is 2. The summed E-state index contributed by atoms with van der Waals surface area (Å²) in [6, 6.07) is 16.7. The zero-order chi connectivity index (χ0) is 30.1. The molecule has 2 N–H and O–H groups in total. The Hall–Kier alpha value is -4.66. The molecule has 0 atom stereocenters. The van der Waals surface area contributed by atoms with Crippen molar-refractivity contribution < 1.29 is 38.1 Å². The molecule has 0 spiro atoms. The second kappa shape index (κ2) is 14.3. The Balaban J connectivity index is 1.42. The van der Waals surface area contributed by atoms with Crippen molar-refractivity contribution in [2.75, 3.05) is 13.2 Å². The molecule has 0 radical (unpaired) electrons. The molecule has 3 aromatic carbocycles. The highest BCUT2D eigenvalue weighted by Crippen LogP contribution is 2.33. The van der Waals surface area contributed by atoms with Crippen molar-refractivity contribution in [3.05, 3.63) is 94.7 Å². The minimum atomic E-state index is -1.06. The van der Waals surface area contributed by atoms with Gasteiger partial charge in [-0.2, -0.15) is 0 Å². The zero-order valence-electron chi connectivity index (χ0n) is 23.3. The highest BCUT2D eigenvalue weighted by molar-refractivity contribution is 5.95. The van der Waals surface area contributed by atoms with Gasteiger partial charge in [-0.1, -0.05) is 36.4 Å². The van der Waals surface area contributed by atoms with Gasteiger partial charge in [-0.25, -0.2) is 8.78 Å². The number of benzene rings is 3. The van der Waals surface area contributed by atoms with E-state index in [-0.39, 0.29) is 24.5 Å². The van der Waals surface area contributed by atoms with Crippen molar-refractivity contribution >= 4 is 35.0 Å². The summed E-state index contributed by atoms with van der Waals surface area (Å²) in [7, 11) is 0. The molecule has 0 amide bonds. The number of ether oxygens (including phenoxy) is 2. The second-order valence-corrected chi connectivity index (χ2v) is 9.89. The van der Waals surface area contributed by atoms with E-state index in [1.807, 2.05) is 36.4 Å². The fraction of sp³-hybridized carbons (Fsp3) is 0.273. The van der Waals surface area contributed by atoms with Crippen LogP contribution in [0.2, 0.25) is 0 Å². The molecular formula is C33H33F2NO6. The van der Waals surface area contributed by atoms with E-state index < -0.39 is 17.8 Å². The molecule has 9 heteroatoms. The van der Waals surface area contributed by atoms with Gasteiger partial charge in [-0.15, -0.1) is 0 Å². The van der Waals surface area contributed by atoms with Crippen LogP contribution in [-0.4, -0.2) is 39.9 Å². The number of aliphatic carboxylic acids is 2. The van der Waals surface area contributed by atoms with Gasteiger partial charge in [0.1, 0.15) is 18.1 Å². The maximum absolute atomic E-state index is 15.1. The Labute approximate surface area is 242 Å². The predicted molar refractivity (Wildman–Crippen MR) is 157 cm³/mol. The monoisotopic (exact) mass is 577 g/mol. The van der Waals surface area contributed by atoms with Crippen LogP contribution in [0.4, 0.5) is 8.78 Å². The van der Waals surface area contributed by atoms with Gasteiger partial charge in [0.2, 0.25) is 0 Å². The van der Waals surface area contributed by atoms with Gasteiger partial charge < -0.3 is 24.3 Å². The van der Waals surface area contributed by atoms with E-state index in [2.05, 4.69) is 0 Å². The molecule has 0 aliphatic rings. The number of carbonyl (C=O) groups is 2. The van der Waals surface area contributed by atoms with Crippen molar-refractivity contribution in [2.45, 2.75) is 45.6 Å². The van der Waals surface area contributed by atoms with E-state index in [1.165, 1.54) is 12.1 Å². The number of aromatic nitrogens is 1. The van der Waals surface area contributed by atoms with Crippen molar-refractivity contribution in [3.8, 4) is 11.5 Å². The molecule has 0 aliphatic heterocycles. The molecule has 0 fully saturated rings. The molecule has 7 nitrogen and oxygen atoms in total. The number of unbranched alkanes of at least 4 members (excludes halogenated alkanes) is 1. The summed E-state index contributed by atoms with van der Waals surface area (Å²) in [5.74, 6) is -1.91. The third-order valence-corrected chi connectivity index (χ3v) is 6.92. The molecule has 1 aromatic heterocycles. The Kier molecular flexibility index (Phi) is 10.3. The lowest BCUT2D eigenvalue weighted by Gasteiger charge is -2.09. The third-order valence-electron chi connectivity index (χ3n) is 6.92. The van der Waals surface area contributed by atoms with E-state index in [1.54, 1.807) is 35.8 Å². The lowest BCUT2D eigenvalue weighted by Crippen LogP contribution is -2.10. The largest absolute Gasteiger partial charge is 0.494 e. The van der Waals surface area contributed by atoms with Crippen LogP contribution in [0, 0.1) is 18.6 Å². The fourth-order valence-corrected chi connectivity index (χ4v) is 4.86.